The molecule has 3 aromatic rings. The molecule has 22 heavy (non-hydrogen) atoms. The van der Waals surface area contributed by atoms with Crippen molar-refractivity contribution in [3.05, 3.63) is 48.7 Å². The second-order valence-corrected chi connectivity index (χ2v) is 4.84. The molecule has 3 rings (SSSR count). The van der Waals surface area contributed by atoms with E-state index in [1.54, 1.807) is 12.4 Å². The van der Waals surface area contributed by atoms with Gasteiger partial charge in [0.05, 0.1) is 24.1 Å². The van der Waals surface area contributed by atoms with Crippen LogP contribution in [0, 0.1) is 0 Å². The summed E-state index contributed by atoms with van der Waals surface area (Å²) in [5, 5.41) is 0. The lowest BCUT2D eigenvalue weighted by Gasteiger charge is -2.03. The molecule has 0 amide bonds. The minimum atomic E-state index is 0.668. The highest BCUT2D eigenvalue weighted by Crippen LogP contribution is 2.23. The molecule has 0 atom stereocenters. The monoisotopic (exact) mass is 294 g/mol. The average molecular weight is 294 g/mol. The highest BCUT2D eigenvalue weighted by Gasteiger charge is 2.07. The lowest BCUT2D eigenvalue weighted by Crippen LogP contribution is -1.93. The van der Waals surface area contributed by atoms with Gasteiger partial charge in [-0.1, -0.05) is 6.92 Å². The zero-order valence-electron chi connectivity index (χ0n) is 12.7. The molecule has 0 radical (unpaired) electrons. The molecule has 112 valence electrons. The van der Waals surface area contributed by atoms with Gasteiger partial charge in [0, 0.05) is 18.8 Å². The van der Waals surface area contributed by atoms with Gasteiger partial charge in [-0.2, -0.15) is 0 Å². The first kappa shape index (κ1) is 14.3. The number of nitrogens with one attached hydrogen (secondary N) is 1. The van der Waals surface area contributed by atoms with Gasteiger partial charge in [0.1, 0.15) is 17.4 Å². The van der Waals surface area contributed by atoms with Gasteiger partial charge in [-0.15, -0.1) is 0 Å². The van der Waals surface area contributed by atoms with Crippen molar-refractivity contribution in [2.24, 2.45) is 0 Å². The molecule has 1 N–H and O–H groups in total. The summed E-state index contributed by atoms with van der Waals surface area (Å²) in [6, 6.07) is 7.94. The van der Waals surface area contributed by atoms with Crippen molar-refractivity contribution in [1.82, 2.24) is 19.9 Å². The molecule has 2 aromatic heterocycles. The van der Waals surface area contributed by atoms with Gasteiger partial charge < -0.3 is 9.72 Å². The lowest BCUT2D eigenvalue weighted by molar-refractivity contribution is 0.340. The Balaban J connectivity index is 1.83. The predicted octanol–water partition coefficient (Wildman–Crippen LogP) is 3.49. The first-order valence-electron chi connectivity index (χ1n) is 7.39. The Morgan fingerprint density at radius 1 is 0.909 bits per heavy atom. The maximum atomic E-state index is 5.45. The molecule has 0 aliphatic rings. The van der Waals surface area contributed by atoms with Gasteiger partial charge in [0.15, 0.2) is 0 Å². The summed E-state index contributed by atoms with van der Waals surface area (Å²) in [5.74, 6) is 2.48. The fraction of sp³-hybridized carbons (Fsp3) is 0.235. The molecular weight excluding hydrogens is 276 g/mol. The highest BCUT2D eigenvalue weighted by atomic mass is 16.5. The van der Waals surface area contributed by atoms with Crippen molar-refractivity contribution in [2.45, 2.75) is 20.3 Å². The van der Waals surface area contributed by atoms with Gasteiger partial charge in [-0.3, -0.25) is 0 Å². The maximum absolute atomic E-state index is 5.45. The molecule has 0 aliphatic carbocycles. The van der Waals surface area contributed by atoms with Crippen LogP contribution in [0.3, 0.4) is 0 Å². The number of imidazole rings is 1. The van der Waals surface area contributed by atoms with Crippen LogP contribution in [-0.2, 0) is 6.42 Å². The number of benzene rings is 1. The Kier molecular flexibility index (Phi) is 4.14. The summed E-state index contributed by atoms with van der Waals surface area (Å²) in [6.45, 7) is 4.67. The van der Waals surface area contributed by atoms with Crippen LogP contribution in [0.1, 0.15) is 19.7 Å². The van der Waals surface area contributed by atoms with E-state index in [9.17, 15) is 0 Å². The molecule has 0 spiro atoms. The number of aromatic amines is 1. The summed E-state index contributed by atoms with van der Waals surface area (Å²) in [7, 11) is 0. The third-order valence-corrected chi connectivity index (χ3v) is 3.35. The van der Waals surface area contributed by atoms with E-state index in [0.717, 1.165) is 40.6 Å². The van der Waals surface area contributed by atoms with E-state index in [2.05, 4.69) is 19.9 Å². The number of nitrogens with zero attached hydrogens (tertiary/aromatic N) is 3. The summed E-state index contributed by atoms with van der Waals surface area (Å²) in [5.41, 5.74) is 2.90. The third-order valence-electron chi connectivity index (χ3n) is 3.35. The highest BCUT2D eigenvalue weighted by molar-refractivity contribution is 5.64. The molecule has 0 saturated heterocycles. The lowest BCUT2D eigenvalue weighted by atomic mass is 10.2. The van der Waals surface area contributed by atoms with E-state index in [4.69, 9.17) is 4.74 Å². The average Bonchev–Trinajstić information content (AvgIpc) is 3.06. The van der Waals surface area contributed by atoms with Gasteiger partial charge >= 0.3 is 0 Å². The predicted molar refractivity (Wildman–Crippen MR) is 85.6 cm³/mol. The van der Waals surface area contributed by atoms with E-state index in [0.29, 0.717) is 6.61 Å². The zero-order valence-corrected chi connectivity index (χ0v) is 12.7. The third kappa shape index (κ3) is 2.98. The van der Waals surface area contributed by atoms with Gasteiger partial charge in [-0.05, 0) is 36.8 Å². The van der Waals surface area contributed by atoms with Gasteiger partial charge in [0.25, 0.3) is 0 Å². The molecule has 5 nitrogen and oxygen atoms in total. The van der Waals surface area contributed by atoms with E-state index in [-0.39, 0.29) is 0 Å². The van der Waals surface area contributed by atoms with Crippen LogP contribution in [0.5, 0.6) is 5.75 Å². The molecule has 1 aromatic carbocycles. The molecular formula is C17H18N4O. The van der Waals surface area contributed by atoms with Gasteiger partial charge in [-0.25, -0.2) is 15.0 Å². The first-order chi connectivity index (χ1) is 10.8. The topological polar surface area (TPSA) is 63.7 Å². The van der Waals surface area contributed by atoms with Crippen LogP contribution < -0.4 is 4.74 Å². The molecule has 0 bridgehead atoms. The SMILES string of the molecule is CCOc1ccc(-c2cnc(-c3cnc(CC)nc3)[nH]2)cc1. The van der Waals surface area contributed by atoms with E-state index in [1.807, 2.05) is 44.3 Å². The van der Waals surface area contributed by atoms with E-state index in [1.165, 1.54) is 0 Å². The minimum Gasteiger partial charge on any atom is -0.494 e. The second kappa shape index (κ2) is 6.39. The van der Waals surface area contributed by atoms with Crippen molar-refractivity contribution in [1.29, 1.82) is 0 Å². The summed E-state index contributed by atoms with van der Waals surface area (Å²) in [6.07, 6.45) is 6.24. The Hall–Kier alpha value is -2.69. The molecule has 0 saturated carbocycles. The normalized spacial score (nSPS) is 10.6. The number of rotatable bonds is 5. The van der Waals surface area contributed by atoms with Crippen molar-refractivity contribution < 1.29 is 4.74 Å². The standard InChI is InChI=1S/C17H18N4O/c1-3-16-18-9-13(10-19-16)17-20-11-15(21-17)12-5-7-14(8-6-12)22-4-2/h5-11H,3-4H2,1-2H3,(H,20,21). The van der Waals surface area contributed by atoms with E-state index >= 15 is 0 Å². The molecule has 2 heterocycles. The Labute approximate surface area is 129 Å². The fourth-order valence-corrected chi connectivity index (χ4v) is 2.17. The number of aryl methyl sites for hydroxylation is 1. The maximum Gasteiger partial charge on any atom is 0.140 e. The second-order valence-electron chi connectivity index (χ2n) is 4.84. The summed E-state index contributed by atoms with van der Waals surface area (Å²) < 4.78 is 5.45. The zero-order chi connectivity index (χ0) is 15.4. The largest absolute Gasteiger partial charge is 0.494 e. The van der Waals surface area contributed by atoms with E-state index < -0.39 is 0 Å². The Bertz CT molecular complexity index is 732. The van der Waals surface area contributed by atoms with Crippen LogP contribution >= 0.6 is 0 Å². The number of hydrogen-bond donors (Lipinski definition) is 1. The first-order valence-corrected chi connectivity index (χ1v) is 7.39. The summed E-state index contributed by atoms with van der Waals surface area (Å²) >= 11 is 0. The number of ether oxygens (including phenoxy) is 1. The van der Waals surface area contributed by atoms with Crippen molar-refractivity contribution in [3.63, 3.8) is 0 Å². The summed E-state index contributed by atoms with van der Waals surface area (Å²) in [4.78, 5) is 16.3. The number of aromatic nitrogens is 4. The number of hydrogen-bond acceptors (Lipinski definition) is 4. The van der Waals surface area contributed by atoms with Crippen LogP contribution in [-0.4, -0.2) is 26.5 Å². The smallest absolute Gasteiger partial charge is 0.140 e. The fourth-order valence-electron chi connectivity index (χ4n) is 2.17. The quantitative estimate of drug-likeness (QED) is 0.782. The van der Waals surface area contributed by atoms with Crippen LogP contribution in [0.15, 0.2) is 42.9 Å². The van der Waals surface area contributed by atoms with Crippen LogP contribution in [0.4, 0.5) is 0 Å². The van der Waals surface area contributed by atoms with Crippen molar-refractivity contribution in [2.75, 3.05) is 6.61 Å². The molecule has 5 heteroatoms. The van der Waals surface area contributed by atoms with Crippen LogP contribution in [0.25, 0.3) is 22.6 Å². The Morgan fingerprint density at radius 2 is 1.64 bits per heavy atom. The molecule has 0 unspecified atom stereocenters. The van der Waals surface area contributed by atoms with Gasteiger partial charge in [0.2, 0.25) is 0 Å². The molecule has 0 aliphatic heterocycles. The number of H-pyrrole nitrogens is 1. The Morgan fingerprint density at radius 3 is 2.27 bits per heavy atom. The molecule has 0 fully saturated rings. The minimum absolute atomic E-state index is 0.668. The van der Waals surface area contributed by atoms with Crippen LogP contribution in [0.2, 0.25) is 0 Å². The van der Waals surface area contributed by atoms with Crippen molar-refractivity contribution >= 4 is 0 Å². The van der Waals surface area contributed by atoms with Crippen molar-refractivity contribution in [3.8, 4) is 28.4 Å².